The highest BCUT2D eigenvalue weighted by atomic mass is 32.1. The molecule has 0 N–H and O–H groups in total. The molecule has 0 fully saturated rings. The lowest BCUT2D eigenvalue weighted by Crippen LogP contribution is -2.47. The van der Waals surface area contributed by atoms with Crippen molar-refractivity contribution >= 4 is 34.9 Å². The number of carbonyl (C=O) groups is 2. The summed E-state index contributed by atoms with van der Waals surface area (Å²) in [5.74, 6) is -0.162. The number of hydrogen-bond acceptors (Lipinski definition) is 5. The lowest BCUT2D eigenvalue weighted by atomic mass is 9.90. The molecule has 192 valence electrons. The maximum atomic E-state index is 13.7. The molecule has 37 heavy (non-hydrogen) atoms. The first kappa shape index (κ1) is 26.3. The number of carbonyl (C=O) groups excluding carboxylic acids is 2. The van der Waals surface area contributed by atoms with E-state index in [-0.39, 0.29) is 36.0 Å². The predicted octanol–water partition coefficient (Wildman–Crippen LogP) is 5.64. The average Bonchev–Trinajstić information content (AvgIpc) is 3.36. The number of benzene rings is 2. The van der Waals surface area contributed by atoms with Crippen molar-refractivity contribution in [2.45, 2.75) is 33.2 Å². The van der Waals surface area contributed by atoms with Gasteiger partial charge in [0.25, 0.3) is 5.69 Å². The van der Waals surface area contributed by atoms with Crippen molar-refractivity contribution in [3.8, 4) is 0 Å². The number of aryl methyl sites for hydroxylation is 1. The Morgan fingerprint density at radius 2 is 1.86 bits per heavy atom. The van der Waals surface area contributed by atoms with Crippen LogP contribution < -0.4 is 0 Å². The largest absolute Gasteiger partial charge is 0.330 e. The fraction of sp³-hybridized carbons (Fsp3) is 0.310. The zero-order chi connectivity index (χ0) is 26.5. The summed E-state index contributed by atoms with van der Waals surface area (Å²) in [4.78, 5) is 42.1. The quantitative estimate of drug-likeness (QED) is 0.220. The van der Waals surface area contributed by atoms with Gasteiger partial charge in [-0.2, -0.15) is 0 Å². The van der Waals surface area contributed by atoms with Crippen molar-refractivity contribution in [3.63, 3.8) is 0 Å². The van der Waals surface area contributed by atoms with Crippen LogP contribution in [0.4, 0.5) is 5.69 Å². The molecule has 7 nitrogen and oxygen atoms in total. The fourth-order valence-electron chi connectivity index (χ4n) is 4.72. The van der Waals surface area contributed by atoms with Crippen LogP contribution in [-0.2, 0) is 16.0 Å². The van der Waals surface area contributed by atoms with Gasteiger partial charge in [0.2, 0.25) is 11.8 Å². The molecule has 3 aromatic rings. The Kier molecular flexibility index (Phi) is 8.18. The van der Waals surface area contributed by atoms with E-state index in [1.807, 2.05) is 30.9 Å². The van der Waals surface area contributed by atoms with E-state index in [1.54, 1.807) is 34.4 Å². The Morgan fingerprint density at radius 1 is 1.14 bits per heavy atom. The summed E-state index contributed by atoms with van der Waals surface area (Å²) in [5.41, 5.74) is 4.07. The maximum absolute atomic E-state index is 13.7. The summed E-state index contributed by atoms with van der Waals surface area (Å²) >= 11 is 1.73. The van der Waals surface area contributed by atoms with Gasteiger partial charge in [-0.05, 0) is 71.2 Å². The zero-order valence-electron chi connectivity index (χ0n) is 21.3. The molecule has 1 atom stereocenters. The highest BCUT2D eigenvalue weighted by molar-refractivity contribution is 7.10. The van der Waals surface area contributed by atoms with Crippen molar-refractivity contribution in [2.75, 3.05) is 19.6 Å². The molecule has 0 spiro atoms. The van der Waals surface area contributed by atoms with Gasteiger partial charge in [-0.15, -0.1) is 11.3 Å². The van der Waals surface area contributed by atoms with Gasteiger partial charge >= 0.3 is 0 Å². The second-order valence-electron chi connectivity index (χ2n) is 9.69. The number of amides is 2. The molecule has 0 aliphatic carbocycles. The molecule has 0 bridgehead atoms. The van der Waals surface area contributed by atoms with E-state index >= 15 is 0 Å². The minimum absolute atomic E-state index is 0.00553. The molecule has 2 heterocycles. The van der Waals surface area contributed by atoms with E-state index in [2.05, 4.69) is 30.5 Å². The van der Waals surface area contributed by atoms with E-state index in [0.717, 1.165) is 17.5 Å². The molecule has 2 amide bonds. The topological polar surface area (TPSA) is 83.8 Å². The first-order valence-electron chi connectivity index (χ1n) is 12.4. The van der Waals surface area contributed by atoms with Gasteiger partial charge in [0.1, 0.15) is 6.54 Å². The first-order valence-corrected chi connectivity index (χ1v) is 13.2. The molecule has 4 rings (SSSR count). The van der Waals surface area contributed by atoms with Crippen LogP contribution in [0.25, 0.3) is 6.08 Å². The van der Waals surface area contributed by atoms with Crippen LogP contribution in [0.5, 0.6) is 0 Å². The number of fused-ring (bicyclic) bond motifs is 1. The SMILES string of the molecule is Cc1ccccc1C1c2ccsc2CCN1C(=O)CN(CC(C)C)C(=O)/C=C/c1ccc([N+](=O)[O-])cc1. The summed E-state index contributed by atoms with van der Waals surface area (Å²) in [6.45, 7) is 7.13. The number of thiophene rings is 1. The van der Waals surface area contributed by atoms with Crippen molar-refractivity contribution in [3.05, 3.63) is 103 Å². The van der Waals surface area contributed by atoms with E-state index in [0.29, 0.717) is 18.7 Å². The standard InChI is InChI=1S/C29H31N3O4S/c1-20(2)18-30(27(33)13-10-22-8-11-23(12-9-22)32(35)36)19-28(34)31-16-14-26-25(15-17-37-26)29(31)24-7-5-4-6-21(24)3/h4-13,15,17,20,29H,14,16,18-19H2,1-3H3/b13-10+. The molecule has 1 aliphatic heterocycles. The highest BCUT2D eigenvalue weighted by Crippen LogP contribution is 2.39. The summed E-state index contributed by atoms with van der Waals surface area (Å²) in [6.07, 6.45) is 3.86. The number of hydrogen-bond donors (Lipinski definition) is 0. The molecule has 8 heteroatoms. The molecule has 0 radical (unpaired) electrons. The van der Waals surface area contributed by atoms with E-state index in [9.17, 15) is 19.7 Å². The summed E-state index contributed by atoms with van der Waals surface area (Å²) < 4.78 is 0. The number of nitrogens with zero attached hydrogens (tertiary/aromatic N) is 3. The second kappa shape index (κ2) is 11.5. The Balaban J connectivity index is 1.55. The van der Waals surface area contributed by atoms with Crippen molar-refractivity contribution in [1.82, 2.24) is 9.80 Å². The summed E-state index contributed by atoms with van der Waals surface area (Å²) in [5, 5.41) is 13.0. The Bertz CT molecular complexity index is 1310. The molecule has 2 aromatic carbocycles. The molecule has 0 saturated heterocycles. The highest BCUT2D eigenvalue weighted by Gasteiger charge is 2.34. The fourth-order valence-corrected chi connectivity index (χ4v) is 5.63. The summed E-state index contributed by atoms with van der Waals surface area (Å²) in [6, 6.07) is 16.1. The number of nitro benzene ring substituents is 1. The van der Waals surface area contributed by atoms with Gasteiger partial charge in [-0.3, -0.25) is 19.7 Å². The minimum atomic E-state index is -0.460. The van der Waals surface area contributed by atoms with E-state index in [1.165, 1.54) is 28.6 Å². The van der Waals surface area contributed by atoms with Crippen LogP contribution in [0.2, 0.25) is 0 Å². The van der Waals surface area contributed by atoms with Gasteiger partial charge < -0.3 is 9.80 Å². The average molecular weight is 518 g/mol. The Hall–Kier alpha value is -3.78. The van der Waals surface area contributed by atoms with Crippen molar-refractivity contribution in [1.29, 1.82) is 0 Å². The van der Waals surface area contributed by atoms with Crippen LogP contribution in [0.3, 0.4) is 0 Å². The number of nitro groups is 1. The van der Waals surface area contributed by atoms with Crippen LogP contribution in [-0.4, -0.2) is 46.2 Å². The van der Waals surface area contributed by atoms with Crippen LogP contribution in [0, 0.1) is 23.0 Å². The van der Waals surface area contributed by atoms with Crippen LogP contribution in [0.15, 0.2) is 66.1 Å². The molecule has 1 aromatic heterocycles. The predicted molar refractivity (Wildman–Crippen MR) is 146 cm³/mol. The third-order valence-electron chi connectivity index (χ3n) is 6.51. The minimum Gasteiger partial charge on any atom is -0.330 e. The van der Waals surface area contributed by atoms with E-state index in [4.69, 9.17) is 0 Å². The second-order valence-corrected chi connectivity index (χ2v) is 10.7. The van der Waals surface area contributed by atoms with Gasteiger partial charge in [0.15, 0.2) is 0 Å². The van der Waals surface area contributed by atoms with E-state index < -0.39 is 4.92 Å². The lowest BCUT2D eigenvalue weighted by molar-refractivity contribution is -0.384. The molecule has 1 aliphatic rings. The first-order chi connectivity index (χ1) is 17.7. The molecule has 0 saturated carbocycles. The Labute approximate surface area is 221 Å². The van der Waals surface area contributed by atoms with Gasteiger partial charge in [0, 0.05) is 36.2 Å². The smallest absolute Gasteiger partial charge is 0.269 e. The number of rotatable bonds is 8. The Morgan fingerprint density at radius 3 is 2.54 bits per heavy atom. The van der Waals surface area contributed by atoms with Gasteiger partial charge in [-0.25, -0.2) is 0 Å². The molecular formula is C29H31N3O4S. The zero-order valence-corrected chi connectivity index (χ0v) is 22.1. The molecule has 1 unspecified atom stereocenters. The normalized spacial score (nSPS) is 15.1. The van der Waals surface area contributed by atoms with Crippen molar-refractivity contribution < 1.29 is 14.5 Å². The monoisotopic (exact) mass is 517 g/mol. The third kappa shape index (κ3) is 6.14. The lowest BCUT2D eigenvalue weighted by Gasteiger charge is -2.38. The third-order valence-corrected chi connectivity index (χ3v) is 7.51. The van der Waals surface area contributed by atoms with Crippen LogP contribution >= 0.6 is 11.3 Å². The number of non-ortho nitro benzene ring substituents is 1. The molecular weight excluding hydrogens is 486 g/mol. The van der Waals surface area contributed by atoms with Crippen LogP contribution in [0.1, 0.15) is 47.0 Å². The van der Waals surface area contributed by atoms with Gasteiger partial charge in [-0.1, -0.05) is 38.1 Å². The van der Waals surface area contributed by atoms with Gasteiger partial charge in [0.05, 0.1) is 11.0 Å². The maximum Gasteiger partial charge on any atom is 0.269 e. The van der Waals surface area contributed by atoms with Crippen molar-refractivity contribution in [2.24, 2.45) is 5.92 Å². The summed E-state index contributed by atoms with van der Waals surface area (Å²) in [7, 11) is 0.